The molecule has 1 N–H and O–H groups in total. The summed E-state index contributed by atoms with van der Waals surface area (Å²) in [7, 11) is 1.63. The Labute approximate surface area is 164 Å². The number of halogens is 1. The maximum Gasteiger partial charge on any atom is 0.162 e. The monoisotopic (exact) mass is 380 g/mol. The zero-order valence-corrected chi connectivity index (χ0v) is 16.0. The molecule has 0 amide bonds. The molecule has 0 unspecified atom stereocenters. The minimum absolute atomic E-state index is 0.470. The van der Waals surface area contributed by atoms with Crippen LogP contribution in [0, 0.1) is 6.92 Å². The highest BCUT2D eigenvalue weighted by Crippen LogP contribution is 2.28. The number of benzene rings is 3. The van der Waals surface area contributed by atoms with Gasteiger partial charge in [-0.15, -0.1) is 0 Å². The Hall–Kier alpha value is -2.98. The molecular weight excluding hydrogens is 360 g/mol. The van der Waals surface area contributed by atoms with Crippen molar-refractivity contribution in [3.8, 4) is 11.5 Å². The number of nitrogens with zero attached hydrogens (tertiary/aromatic N) is 1. The fourth-order valence-corrected chi connectivity index (χ4v) is 2.65. The summed E-state index contributed by atoms with van der Waals surface area (Å²) < 4.78 is 11.3. The van der Waals surface area contributed by atoms with Gasteiger partial charge in [0.25, 0.3) is 0 Å². The number of hydrazone groups is 1. The molecule has 0 aliphatic heterocycles. The predicted octanol–water partition coefficient (Wildman–Crippen LogP) is 5.68. The van der Waals surface area contributed by atoms with Crippen molar-refractivity contribution in [3.63, 3.8) is 0 Å². The van der Waals surface area contributed by atoms with Gasteiger partial charge in [0.1, 0.15) is 6.61 Å². The van der Waals surface area contributed by atoms with E-state index in [0.717, 1.165) is 22.4 Å². The van der Waals surface area contributed by atoms with Crippen LogP contribution >= 0.6 is 11.6 Å². The molecule has 3 aromatic carbocycles. The minimum Gasteiger partial charge on any atom is -0.493 e. The lowest BCUT2D eigenvalue weighted by atomic mass is 10.2. The number of hydrogen-bond donors (Lipinski definition) is 1. The lowest BCUT2D eigenvalue weighted by Gasteiger charge is -2.11. The molecule has 0 heterocycles. The molecule has 0 fully saturated rings. The summed E-state index contributed by atoms with van der Waals surface area (Å²) in [6.45, 7) is 2.43. The van der Waals surface area contributed by atoms with E-state index in [1.165, 1.54) is 0 Å². The summed E-state index contributed by atoms with van der Waals surface area (Å²) >= 11 is 6.13. The second-order valence-corrected chi connectivity index (χ2v) is 6.43. The first kappa shape index (κ1) is 18.8. The Kier molecular flexibility index (Phi) is 6.34. The van der Waals surface area contributed by atoms with Crippen LogP contribution in [0.4, 0.5) is 5.69 Å². The van der Waals surface area contributed by atoms with E-state index in [0.29, 0.717) is 23.1 Å². The quantitative estimate of drug-likeness (QED) is 0.423. The third-order valence-electron chi connectivity index (χ3n) is 4.00. The third-order valence-corrected chi connectivity index (χ3v) is 4.41. The van der Waals surface area contributed by atoms with Crippen LogP contribution < -0.4 is 14.9 Å². The van der Waals surface area contributed by atoms with E-state index >= 15 is 0 Å². The molecule has 0 aliphatic rings. The lowest BCUT2D eigenvalue weighted by molar-refractivity contribution is 0.284. The van der Waals surface area contributed by atoms with E-state index in [4.69, 9.17) is 21.1 Å². The molecule has 0 spiro atoms. The van der Waals surface area contributed by atoms with Gasteiger partial charge in [-0.3, -0.25) is 5.43 Å². The van der Waals surface area contributed by atoms with Gasteiger partial charge < -0.3 is 9.47 Å². The van der Waals surface area contributed by atoms with Crippen molar-refractivity contribution in [2.24, 2.45) is 5.10 Å². The summed E-state index contributed by atoms with van der Waals surface area (Å²) in [5, 5.41) is 4.97. The average molecular weight is 381 g/mol. The van der Waals surface area contributed by atoms with Crippen LogP contribution in [0.5, 0.6) is 11.5 Å². The van der Waals surface area contributed by atoms with Gasteiger partial charge in [0.05, 0.1) is 19.0 Å². The van der Waals surface area contributed by atoms with Crippen molar-refractivity contribution < 1.29 is 9.47 Å². The zero-order valence-electron chi connectivity index (χ0n) is 15.3. The number of methoxy groups -OCH3 is 1. The molecule has 0 aromatic heterocycles. The first-order valence-corrected chi connectivity index (χ1v) is 8.93. The Balaban J connectivity index is 1.69. The second kappa shape index (κ2) is 9.10. The SMILES string of the molecule is COc1ccc(C=NNc2ccc(C)c(Cl)c2)cc1OCc1ccccc1. The molecule has 0 saturated heterocycles. The van der Waals surface area contributed by atoms with Gasteiger partial charge in [0.2, 0.25) is 0 Å². The van der Waals surface area contributed by atoms with Crippen molar-refractivity contribution in [1.29, 1.82) is 0 Å². The number of rotatable bonds is 7. The molecule has 0 aliphatic carbocycles. The molecule has 138 valence electrons. The van der Waals surface area contributed by atoms with E-state index in [-0.39, 0.29) is 0 Å². The number of ether oxygens (including phenoxy) is 2. The summed E-state index contributed by atoms with van der Waals surface area (Å²) in [6.07, 6.45) is 1.72. The van der Waals surface area contributed by atoms with Crippen LogP contribution in [0.1, 0.15) is 16.7 Å². The largest absolute Gasteiger partial charge is 0.493 e. The van der Waals surface area contributed by atoms with E-state index in [1.54, 1.807) is 13.3 Å². The number of anilines is 1. The highest BCUT2D eigenvalue weighted by molar-refractivity contribution is 6.31. The van der Waals surface area contributed by atoms with Gasteiger partial charge in [-0.05, 0) is 53.9 Å². The van der Waals surface area contributed by atoms with Gasteiger partial charge in [-0.1, -0.05) is 48.0 Å². The van der Waals surface area contributed by atoms with Gasteiger partial charge >= 0.3 is 0 Å². The van der Waals surface area contributed by atoms with Crippen molar-refractivity contribution in [2.45, 2.75) is 13.5 Å². The predicted molar refractivity (Wildman–Crippen MR) is 111 cm³/mol. The molecule has 0 bridgehead atoms. The highest BCUT2D eigenvalue weighted by atomic mass is 35.5. The molecule has 3 aromatic rings. The molecular formula is C22H21ClN2O2. The first-order chi connectivity index (χ1) is 13.2. The number of aryl methyl sites for hydroxylation is 1. The van der Waals surface area contributed by atoms with E-state index < -0.39 is 0 Å². The molecule has 0 saturated carbocycles. The maximum atomic E-state index is 6.13. The number of hydrogen-bond acceptors (Lipinski definition) is 4. The fourth-order valence-electron chi connectivity index (χ4n) is 2.47. The summed E-state index contributed by atoms with van der Waals surface area (Å²) in [5.41, 5.74) is 6.83. The van der Waals surface area contributed by atoms with Crippen LogP contribution in [0.25, 0.3) is 0 Å². The van der Waals surface area contributed by atoms with Gasteiger partial charge in [0.15, 0.2) is 11.5 Å². The summed E-state index contributed by atoms with van der Waals surface area (Å²) in [4.78, 5) is 0. The Bertz CT molecular complexity index is 927. The second-order valence-electron chi connectivity index (χ2n) is 6.02. The van der Waals surface area contributed by atoms with Crippen molar-refractivity contribution in [2.75, 3.05) is 12.5 Å². The van der Waals surface area contributed by atoms with Crippen LogP contribution in [0.15, 0.2) is 71.8 Å². The topological polar surface area (TPSA) is 42.8 Å². The van der Waals surface area contributed by atoms with E-state index in [2.05, 4.69) is 10.5 Å². The fraction of sp³-hybridized carbons (Fsp3) is 0.136. The first-order valence-electron chi connectivity index (χ1n) is 8.55. The zero-order chi connectivity index (χ0) is 19.1. The lowest BCUT2D eigenvalue weighted by Crippen LogP contribution is -1.99. The van der Waals surface area contributed by atoms with Crippen molar-refractivity contribution in [3.05, 3.63) is 88.4 Å². The third kappa shape index (κ3) is 5.25. The highest BCUT2D eigenvalue weighted by Gasteiger charge is 2.06. The molecule has 27 heavy (non-hydrogen) atoms. The standard InChI is InChI=1S/C22H21ClN2O2/c1-16-8-10-19(13-20(16)23)25-24-14-18-9-11-21(26-2)22(12-18)27-15-17-6-4-3-5-7-17/h3-14,25H,15H2,1-2H3. The number of nitrogens with one attached hydrogen (secondary N) is 1. The molecule has 5 heteroatoms. The molecule has 4 nitrogen and oxygen atoms in total. The van der Waals surface area contributed by atoms with Crippen molar-refractivity contribution >= 4 is 23.5 Å². The van der Waals surface area contributed by atoms with Crippen LogP contribution in [0.2, 0.25) is 5.02 Å². The smallest absolute Gasteiger partial charge is 0.162 e. The molecule has 0 atom stereocenters. The van der Waals surface area contributed by atoms with Crippen LogP contribution in [-0.4, -0.2) is 13.3 Å². The summed E-state index contributed by atoms with van der Waals surface area (Å²) in [5.74, 6) is 1.35. The van der Waals surface area contributed by atoms with Crippen LogP contribution in [-0.2, 0) is 6.61 Å². The van der Waals surface area contributed by atoms with Gasteiger partial charge in [0, 0.05) is 5.02 Å². The molecule has 3 rings (SSSR count). The van der Waals surface area contributed by atoms with E-state index in [9.17, 15) is 0 Å². The Morgan fingerprint density at radius 3 is 2.56 bits per heavy atom. The maximum absolute atomic E-state index is 6.13. The van der Waals surface area contributed by atoms with Crippen molar-refractivity contribution in [1.82, 2.24) is 0 Å². The molecule has 0 radical (unpaired) electrons. The van der Waals surface area contributed by atoms with E-state index in [1.807, 2.05) is 73.7 Å². The summed E-state index contributed by atoms with van der Waals surface area (Å²) in [6, 6.07) is 21.4. The van der Waals surface area contributed by atoms with Gasteiger partial charge in [-0.2, -0.15) is 5.10 Å². The van der Waals surface area contributed by atoms with Gasteiger partial charge in [-0.25, -0.2) is 0 Å². The normalized spacial score (nSPS) is 10.8. The Morgan fingerprint density at radius 2 is 1.81 bits per heavy atom. The van der Waals surface area contributed by atoms with Crippen LogP contribution in [0.3, 0.4) is 0 Å². The minimum atomic E-state index is 0.470. The Morgan fingerprint density at radius 1 is 1.00 bits per heavy atom. The average Bonchev–Trinajstić information content (AvgIpc) is 2.70.